The summed E-state index contributed by atoms with van der Waals surface area (Å²) < 4.78 is 31.2. The smallest absolute Gasteiger partial charge is 0.289 e. The van der Waals surface area contributed by atoms with Crippen molar-refractivity contribution in [3.05, 3.63) is 33.3 Å². The van der Waals surface area contributed by atoms with Crippen molar-refractivity contribution in [2.45, 2.75) is 4.90 Å². The van der Waals surface area contributed by atoms with Crippen molar-refractivity contribution in [3.8, 4) is 0 Å². The predicted octanol–water partition coefficient (Wildman–Crippen LogP) is 0.762. The Morgan fingerprint density at radius 2 is 2.05 bits per heavy atom. The highest BCUT2D eigenvalue weighted by molar-refractivity contribution is 7.89. The summed E-state index contributed by atoms with van der Waals surface area (Å²) in [7, 11) is -2.44. The summed E-state index contributed by atoms with van der Waals surface area (Å²) in [5.74, 6) is 0. The molecule has 21 heavy (non-hydrogen) atoms. The van der Waals surface area contributed by atoms with Crippen LogP contribution in [0.2, 0.25) is 5.02 Å². The van der Waals surface area contributed by atoms with E-state index in [1.165, 1.54) is 6.07 Å². The molecule has 0 atom stereocenters. The second kappa shape index (κ2) is 8.25. The molecule has 1 rings (SSSR count). The van der Waals surface area contributed by atoms with Crippen molar-refractivity contribution in [1.29, 1.82) is 0 Å². The van der Waals surface area contributed by atoms with E-state index < -0.39 is 25.5 Å². The van der Waals surface area contributed by atoms with Gasteiger partial charge in [0.05, 0.1) is 11.5 Å². The minimum absolute atomic E-state index is 0.0930. The molecule has 0 amide bonds. The maximum atomic E-state index is 12.1. The first-order chi connectivity index (χ1) is 9.88. The topological polar surface area (TPSA) is 111 Å². The highest BCUT2D eigenvalue weighted by Gasteiger charge is 2.25. The van der Waals surface area contributed by atoms with Gasteiger partial charge in [0, 0.05) is 37.8 Å². The van der Waals surface area contributed by atoms with Crippen molar-refractivity contribution in [3.63, 3.8) is 0 Å². The molecule has 8 nitrogen and oxygen atoms in total. The number of nitrogens with zero attached hydrogens (tertiary/aromatic N) is 1. The van der Waals surface area contributed by atoms with Gasteiger partial charge in [0.1, 0.15) is 0 Å². The molecule has 0 saturated heterocycles. The summed E-state index contributed by atoms with van der Waals surface area (Å²) in [5.41, 5.74) is -0.515. The molecule has 10 heteroatoms. The molecule has 1 aromatic rings. The molecule has 0 radical (unpaired) electrons. The van der Waals surface area contributed by atoms with Crippen molar-refractivity contribution in [1.82, 2.24) is 10.0 Å². The van der Waals surface area contributed by atoms with Gasteiger partial charge in [-0.2, -0.15) is 0 Å². The molecule has 1 aromatic carbocycles. The van der Waals surface area contributed by atoms with Crippen LogP contribution in [-0.2, 0) is 14.8 Å². The van der Waals surface area contributed by atoms with E-state index in [2.05, 4.69) is 10.0 Å². The van der Waals surface area contributed by atoms with E-state index in [4.69, 9.17) is 16.3 Å². The lowest BCUT2D eigenvalue weighted by atomic mass is 10.3. The molecular formula is C11H16ClN3O5S. The number of nitro benzene ring substituents is 1. The Balaban J connectivity index is 2.74. The maximum Gasteiger partial charge on any atom is 0.289 e. The van der Waals surface area contributed by atoms with E-state index in [0.29, 0.717) is 19.7 Å². The molecule has 0 fully saturated rings. The quantitative estimate of drug-likeness (QED) is 0.391. The van der Waals surface area contributed by atoms with Crippen LogP contribution in [0, 0.1) is 10.1 Å². The Labute approximate surface area is 127 Å². The van der Waals surface area contributed by atoms with Crippen LogP contribution in [0.4, 0.5) is 5.69 Å². The van der Waals surface area contributed by atoms with Gasteiger partial charge in [-0.1, -0.05) is 11.6 Å². The number of hydrogen-bond acceptors (Lipinski definition) is 6. The summed E-state index contributed by atoms with van der Waals surface area (Å²) in [6.45, 7) is 1.55. The van der Waals surface area contributed by atoms with E-state index >= 15 is 0 Å². The third kappa shape index (κ3) is 5.56. The van der Waals surface area contributed by atoms with Crippen LogP contribution in [0.1, 0.15) is 0 Å². The minimum atomic E-state index is -4.00. The Kier molecular flexibility index (Phi) is 6.99. The summed E-state index contributed by atoms with van der Waals surface area (Å²) in [5, 5.41) is 13.9. The molecule has 0 heterocycles. The van der Waals surface area contributed by atoms with Crippen molar-refractivity contribution >= 4 is 27.3 Å². The van der Waals surface area contributed by atoms with Gasteiger partial charge in [-0.3, -0.25) is 10.1 Å². The lowest BCUT2D eigenvalue weighted by Crippen LogP contribution is -2.33. The lowest BCUT2D eigenvalue weighted by molar-refractivity contribution is -0.387. The fourth-order valence-electron chi connectivity index (χ4n) is 1.50. The molecule has 0 aromatic heterocycles. The Morgan fingerprint density at radius 3 is 2.67 bits per heavy atom. The zero-order chi connectivity index (χ0) is 15.9. The summed E-state index contributed by atoms with van der Waals surface area (Å²) in [6, 6.07) is 3.39. The number of methoxy groups -OCH3 is 1. The number of halogens is 1. The van der Waals surface area contributed by atoms with Gasteiger partial charge in [0.2, 0.25) is 10.0 Å². The van der Waals surface area contributed by atoms with Crippen LogP contribution in [0.5, 0.6) is 0 Å². The second-order valence-corrected chi connectivity index (χ2v) is 6.18. The third-order valence-corrected chi connectivity index (χ3v) is 4.21. The summed E-state index contributed by atoms with van der Waals surface area (Å²) >= 11 is 5.71. The zero-order valence-corrected chi connectivity index (χ0v) is 12.9. The molecule has 0 aliphatic carbocycles. The molecule has 118 valence electrons. The number of benzene rings is 1. The zero-order valence-electron chi connectivity index (χ0n) is 11.3. The summed E-state index contributed by atoms with van der Waals surface area (Å²) in [6.07, 6.45) is 0. The van der Waals surface area contributed by atoms with Crippen molar-refractivity contribution < 1.29 is 18.1 Å². The Bertz CT molecular complexity index is 594. The molecule has 0 aliphatic heterocycles. The monoisotopic (exact) mass is 337 g/mol. The average Bonchev–Trinajstić information content (AvgIpc) is 2.42. The molecule has 0 spiro atoms. The number of hydrogen-bond donors (Lipinski definition) is 2. The highest BCUT2D eigenvalue weighted by atomic mass is 35.5. The van der Waals surface area contributed by atoms with Crippen molar-refractivity contribution in [2.75, 3.05) is 33.4 Å². The normalized spacial score (nSPS) is 11.5. The second-order valence-electron chi connectivity index (χ2n) is 4.01. The fourth-order valence-corrected chi connectivity index (χ4v) is 2.97. The molecule has 0 saturated carbocycles. The number of rotatable bonds is 9. The van der Waals surface area contributed by atoms with E-state index in [0.717, 1.165) is 12.1 Å². The van der Waals surface area contributed by atoms with Gasteiger partial charge >= 0.3 is 0 Å². The lowest BCUT2D eigenvalue weighted by Gasteiger charge is -2.08. The Hall–Kier alpha value is -1.26. The number of nitro groups is 1. The van der Waals surface area contributed by atoms with Crippen LogP contribution >= 0.6 is 11.6 Å². The number of nitrogens with one attached hydrogen (secondary N) is 2. The van der Waals surface area contributed by atoms with Crippen LogP contribution in [0.25, 0.3) is 0 Å². The first-order valence-corrected chi connectivity index (χ1v) is 7.88. The summed E-state index contributed by atoms with van der Waals surface area (Å²) in [4.78, 5) is 9.66. The van der Waals surface area contributed by atoms with Gasteiger partial charge in [0.15, 0.2) is 4.90 Å². The van der Waals surface area contributed by atoms with E-state index in [-0.39, 0.29) is 11.6 Å². The van der Waals surface area contributed by atoms with Crippen LogP contribution in [0.3, 0.4) is 0 Å². The van der Waals surface area contributed by atoms with E-state index in [1.54, 1.807) is 7.11 Å². The molecule has 0 unspecified atom stereocenters. The van der Waals surface area contributed by atoms with Gasteiger partial charge < -0.3 is 10.1 Å². The Morgan fingerprint density at radius 1 is 1.33 bits per heavy atom. The molecule has 0 aliphatic rings. The first-order valence-electron chi connectivity index (χ1n) is 6.01. The molecule has 0 bridgehead atoms. The van der Waals surface area contributed by atoms with Gasteiger partial charge in [-0.05, 0) is 12.1 Å². The molecule has 2 N–H and O–H groups in total. The van der Waals surface area contributed by atoms with E-state index in [1.807, 2.05) is 0 Å². The van der Waals surface area contributed by atoms with Crippen LogP contribution < -0.4 is 10.0 Å². The highest BCUT2D eigenvalue weighted by Crippen LogP contribution is 2.26. The SMILES string of the molecule is COCCNCCNS(=O)(=O)c1cc(Cl)ccc1[N+](=O)[O-]. The van der Waals surface area contributed by atoms with Crippen LogP contribution in [-0.4, -0.2) is 46.7 Å². The standard InChI is InChI=1S/C11H16ClN3O5S/c1-20-7-6-13-4-5-14-21(18,19)11-8-9(12)2-3-10(11)15(16)17/h2-3,8,13-14H,4-7H2,1H3. The van der Waals surface area contributed by atoms with Gasteiger partial charge in [-0.15, -0.1) is 0 Å². The average molecular weight is 338 g/mol. The number of ether oxygens (including phenoxy) is 1. The maximum absolute atomic E-state index is 12.1. The number of sulfonamides is 1. The van der Waals surface area contributed by atoms with Gasteiger partial charge in [-0.25, -0.2) is 13.1 Å². The van der Waals surface area contributed by atoms with Crippen molar-refractivity contribution in [2.24, 2.45) is 0 Å². The third-order valence-electron chi connectivity index (χ3n) is 2.48. The predicted molar refractivity (Wildman–Crippen MR) is 78.0 cm³/mol. The minimum Gasteiger partial charge on any atom is -0.383 e. The molecular weight excluding hydrogens is 322 g/mol. The van der Waals surface area contributed by atoms with Gasteiger partial charge in [0.25, 0.3) is 5.69 Å². The van der Waals surface area contributed by atoms with E-state index in [9.17, 15) is 18.5 Å². The first kappa shape index (κ1) is 17.8. The largest absolute Gasteiger partial charge is 0.383 e. The fraction of sp³-hybridized carbons (Fsp3) is 0.455. The van der Waals surface area contributed by atoms with Crippen LogP contribution in [0.15, 0.2) is 23.1 Å².